The third-order valence-electron chi connectivity index (χ3n) is 4.56. The number of carbonyl (C=O) groups excluding carboxylic acids is 1. The maximum atomic E-state index is 13.5. The molecule has 172 valence electrons. The molecule has 0 spiro atoms. The van der Waals surface area contributed by atoms with Gasteiger partial charge in [-0.3, -0.25) is 9.10 Å². The van der Waals surface area contributed by atoms with E-state index in [1.165, 1.54) is 44.7 Å². The number of anilines is 1. The van der Waals surface area contributed by atoms with Crippen molar-refractivity contribution in [2.45, 2.75) is 4.90 Å². The largest absolute Gasteiger partial charge is 0.497 e. The minimum Gasteiger partial charge on any atom is -0.497 e. The molecule has 0 heterocycles. The number of ether oxygens (including phenoxy) is 2. The molecule has 1 N–H and O–H groups in total. The molecule has 10 heteroatoms. The number of rotatable bonds is 9. The van der Waals surface area contributed by atoms with Crippen LogP contribution in [0.4, 0.5) is 5.69 Å². The highest BCUT2D eigenvalue weighted by Gasteiger charge is 2.29. The smallest absolute Gasteiger partial charge is 0.264 e. The van der Waals surface area contributed by atoms with Gasteiger partial charge < -0.3 is 9.47 Å². The van der Waals surface area contributed by atoms with Crippen LogP contribution in [0.15, 0.2) is 82.8 Å². The predicted octanol–water partition coefficient (Wildman–Crippen LogP) is 3.70. The molecule has 0 aliphatic rings. The van der Waals surface area contributed by atoms with Crippen LogP contribution in [0.25, 0.3) is 0 Å². The van der Waals surface area contributed by atoms with Gasteiger partial charge in [-0.15, -0.1) is 0 Å². The van der Waals surface area contributed by atoms with Crippen LogP contribution in [0, 0.1) is 0 Å². The van der Waals surface area contributed by atoms with Gasteiger partial charge in [0.05, 0.1) is 31.0 Å². The van der Waals surface area contributed by atoms with Crippen LogP contribution in [0.3, 0.4) is 0 Å². The van der Waals surface area contributed by atoms with Crippen molar-refractivity contribution in [2.75, 3.05) is 25.1 Å². The Kier molecular flexibility index (Phi) is 7.92. The first kappa shape index (κ1) is 24.1. The molecule has 0 unspecified atom stereocenters. The van der Waals surface area contributed by atoms with Gasteiger partial charge in [-0.05, 0) is 54.1 Å². The van der Waals surface area contributed by atoms with Crippen LogP contribution in [0.1, 0.15) is 5.56 Å². The van der Waals surface area contributed by atoms with Gasteiger partial charge in [0, 0.05) is 5.02 Å². The molecule has 3 rings (SSSR count). The molecule has 0 radical (unpaired) electrons. The molecule has 1 amide bonds. The van der Waals surface area contributed by atoms with Gasteiger partial charge in [-0.2, -0.15) is 5.10 Å². The molecule has 0 bridgehead atoms. The average Bonchev–Trinajstić information content (AvgIpc) is 2.83. The molecule has 0 aromatic heterocycles. The van der Waals surface area contributed by atoms with E-state index in [4.69, 9.17) is 21.1 Å². The Morgan fingerprint density at radius 1 is 1.00 bits per heavy atom. The van der Waals surface area contributed by atoms with Gasteiger partial charge in [0.1, 0.15) is 18.0 Å². The molecular weight excluding hydrogens is 466 g/mol. The maximum Gasteiger partial charge on any atom is 0.264 e. The first-order valence-corrected chi connectivity index (χ1v) is 11.5. The second-order valence-corrected chi connectivity index (χ2v) is 9.00. The van der Waals surface area contributed by atoms with Gasteiger partial charge in [-0.1, -0.05) is 35.9 Å². The zero-order chi connectivity index (χ0) is 23.8. The van der Waals surface area contributed by atoms with E-state index in [1.54, 1.807) is 48.5 Å². The first-order chi connectivity index (χ1) is 15.8. The van der Waals surface area contributed by atoms with Crippen LogP contribution in [-0.2, 0) is 14.8 Å². The highest BCUT2D eigenvalue weighted by atomic mass is 35.5. The first-order valence-electron chi connectivity index (χ1n) is 9.72. The van der Waals surface area contributed by atoms with E-state index in [9.17, 15) is 13.2 Å². The summed E-state index contributed by atoms with van der Waals surface area (Å²) in [6.45, 7) is -0.521. The summed E-state index contributed by atoms with van der Waals surface area (Å²) in [5.41, 5.74) is 3.29. The average molecular weight is 488 g/mol. The monoisotopic (exact) mass is 487 g/mol. The number of benzene rings is 3. The number of methoxy groups -OCH3 is 2. The maximum absolute atomic E-state index is 13.5. The molecule has 3 aromatic rings. The number of hydrogen-bond acceptors (Lipinski definition) is 6. The van der Waals surface area contributed by atoms with Crippen molar-refractivity contribution >= 4 is 39.4 Å². The summed E-state index contributed by atoms with van der Waals surface area (Å²) in [4.78, 5) is 12.6. The highest BCUT2D eigenvalue weighted by molar-refractivity contribution is 7.92. The number of hydrazone groups is 1. The minimum atomic E-state index is -4.12. The van der Waals surface area contributed by atoms with E-state index in [2.05, 4.69) is 10.5 Å². The van der Waals surface area contributed by atoms with Crippen molar-refractivity contribution in [2.24, 2.45) is 5.10 Å². The van der Waals surface area contributed by atoms with Crippen molar-refractivity contribution in [3.8, 4) is 11.5 Å². The van der Waals surface area contributed by atoms with Crippen LogP contribution in [-0.4, -0.2) is 41.3 Å². The Morgan fingerprint density at radius 2 is 1.67 bits per heavy atom. The van der Waals surface area contributed by atoms with Gasteiger partial charge in [-0.25, -0.2) is 13.8 Å². The Morgan fingerprint density at radius 3 is 2.30 bits per heavy atom. The summed E-state index contributed by atoms with van der Waals surface area (Å²) in [6.07, 6.45) is 1.43. The molecular formula is C23H22ClN3O5S. The molecule has 0 aliphatic heterocycles. The van der Waals surface area contributed by atoms with Crippen LogP contribution in [0.5, 0.6) is 11.5 Å². The molecule has 0 saturated heterocycles. The molecule has 0 fully saturated rings. The Bertz CT molecular complexity index is 1230. The van der Waals surface area contributed by atoms with E-state index < -0.39 is 22.5 Å². The number of amides is 1. The Hall–Kier alpha value is -3.56. The van der Waals surface area contributed by atoms with Crippen molar-refractivity contribution in [3.63, 3.8) is 0 Å². The Labute approximate surface area is 197 Å². The van der Waals surface area contributed by atoms with Gasteiger partial charge in [0.15, 0.2) is 0 Å². The molecule has 0 atom stereocenters. The standard InChI is InChI=1S/C23H22ClN3O5S/c1-31-19-11-13-20(14-12-19)33(29,30)27(21-5-3-4-6-22(21)32-2)16-23(28)26-25-15-17-7-9-18(24)10-8-17/h3-15H,16H2,1-2H3,(H,26,28)/b25-15-. The van der Waals surface area contributed by atoms with Gasteiger partial charge >= 0.3 is 0 Å². The second-order valence-electron chi connectivity index (χ2n) is 6.70. The summed E-state index contributed by atoms with van der Waals surface area (Å²) in [7, 11) is -1.21. The van der Waals surface area contributed by atoms with E-state index in [0.29, 0.717) is 22.1 Å². The lowest BCUT2D eigenvalue weighted by molar-refractivity contribution is -0.119. The number of sulfonamides is 1. The van der Waals surface area contributed by atoms with Crippen molar-refractivity contribution in [1.82, 2.24) is 5.43 Å². The van der Waals surface area contributed by atoms with E-state index in [0.717, 1.165) is 4.31 Å². The summed E-state index contributed by atoms with van der Waals surface area (Å²) >= 11 is 5.85. The van der Waals surface area contributed by atoms with Crippen molar-refractivity contribution in [3.05, 3.63) is 83.4 Å². The zero-order valence-corrected chi connectivity index (χ0v) is 19.5. The quantitative estimate of drug-likeness (QED) is 0.366. The number of carbonyl (C=O) groups is 1. The SMILES string of the molecule is COc1ccc(S(=O)(=O)N(CC(=O)N/N=C\c2ccc(Cl)cc2)c2ccccc2OC)cc1. The third-order valence-corrected chi connectivity index (χ3v) is 6.59. The van der Waals surface area contributed by atoms with E-state index in [-0.39, 0.29) is 10.6 Å². The van der Waals surface area contributed by atoms with E-state index in [1.807, 2.05) is 0 Å². The molecule has 0 aliphatic carbocycles. The van der Waals surface area contributed by atoms with Gasteiger partial charge in [0.2, 0.25) is 0 Å². The lowest BCUT2D eigenvalue weighted by atomic mass is 10.2. The van der Waals surface area contributed by atoms with Crippen LogP contribution < -0.4 is 19.2 Å². The van der Waals surface area contributed by atoms with Gasteiger partial charge in [0.25, 0.3) is 15.9 Å². The number of halogens is 1. The topological polar surface area (TPSA) is 97.3 Å². The summed E-state index contributed by atoms with van der Waals surface area (Å²) in [5, 5.41) is 4.48. The normalized spacial score (nSPS) is 11.2. The number of nitrogens with zero attached hydrogens (tertiary/aromatic N) is 2. The fourth-order valence-electron chi connectivity index (χ4n) is 2.90. The van der Waals surface area contributed by atoms with Crippen LogP contribution >= 0.6 is 11.6 Å². The number of hydrogen-bond donors (Lipinski definition) is 1. The predicted molar refractivity (Wildman–Crippen MR) is 128 cm³/mol. The summed E-state index contributed by atoms with van der Waals surface area (Å²) in [5.74, 6) is 0.169. The lowest BCUT2D eigenvalue weighted by Crippen LogP contribution is -2.39. The highest BCUT2D eigenvalue weighted by Crippen LogP contribution is 2.32. The number of nitrogens with one attached hydrogen (secondary N) is 1. The summed E-state index contributed by atoms with van der Waals surface area (Å²) in [6, 6.07) is 19.3. The lowest BCUT2D eigenvalue weighted by Gasteiger charge is -2.25. The van der Waals surface area contributed by atoms with E-state index >= 15 is 0 Å². The minimum absolute atomic E-state index is 0.00771. The third kappa shape index (κ3) is 6.03. The van der Waals surface area contributed by atoms with Crippen molar-refractivity contribution < 1.29 is 22.7 Å². The molecule has 33 heavy (non-hydrogen) atoms. The van der Waals surface area contributed by atoms with Crippen LogP contribution in [0.2, 0.25) is 5.02 Å². The zero-order valence-electron chi connectivity index (χ0n) is 17.9. The second kappa shape index (κ2) is 10.8. The summed E-state index contributed by atoms with van der Waals surface area (Å²) < 4.78 is 38.3. The fourth-order valence-corrected chi connectivity index (χ4v) is 4.46. The molecule has 8 nitrogen and oxygen atoms in total. The number of para-hydroxylation sites is 2. The Balaban J connectivity index is 1.88. The molecule has 3 aromatic carbocycles. The fraction of sp³-hybridized carbons (Fsp3) is 0.130. The molecule has 0 saturated carbocycles. The van der Waals surface area contributed by atoms with Crippen molar-refractivity contribution in [1.29, 1.82) is 0 Å².